The Balaban J connectivity index is 1.79. The zero-order valence-corrected chi connectivity index (χ0v) is 19.0. The monoisotopic (exact) mass is 455 g/mol. The molecular formula is C20H25NO5S3. The van der Waals surface area contributed by atoms with Gasteiger partial charge in [-0.25, -0.2) is 8.42 Å². The number of sulfone groups is 1. The Morgan fingerprint density at radius 1 is 1.28 bits per heavy atom. The van der Waals surface area contributed by atoms with Gasteiger partial charge in [-0.05, 0) is 43.5 Å². The molecule has 0 aromatic heterocycles. The summed E-state index contributed by atoms with van der Waals surface area (Å²) in [5.41, 5.74) is 0.802. The molecule has 1 atom stereocenters. The van der Waals surface area contributed by atoms with Crippen LogP contribution in [0.1, 0.15) is 38.7 Å². The predicted octanol–water partition coefficient (Wildman–Crippen LogP) is 3.65. The fourth-order valence-electron chi connectivity index (χ4n) is 3.25. The van der Waals surface area contributed by atoms with E-state index < -0.39 is 9.84 Å². The number of hydrogen-bond donors (Lipinski definition) is 0. The van der Waals surface area contributed by atoms with Gasteiger partial charge in [0, 0.05) is 0 Å². The van der Waals surface area contributed by atoms with Gasteiger partial charge in [-0.1, -0.05) is 43.4 Å². The van der Waals surface area contributed by atoms with Crippen LogP contribution >= 0.6 is 24.0 Å². The van der Waals surface area contributed by atoms with Crippen LogP contribution < -0.4 is 9.47 Å². The van der Waals surface area contributed by atoms with E-state index in [0.717, 1.165) is 18.4 Å². The van der Waals surface area contributed by atoms with Gasteiger partial charge in [0.25, 0.3) is 5.91 Å². The van der Waals surface area contributed by atoms with Crippen LogP contribution in [0.15, 0.2) is 23.1 Å². The van der Waals surface area contributed by atoms with Gasteiger partial charge in [-0.15, -0.1) is 0 Å². The van der Waals surface area contributed by atoms with Gasteiger partial charge < -0.3 is 9.47 Å². The lowest BCUT2D eigenvalue weighted by Gasteiger charge is -2.20. The highest BCUT2D eigenvalue weighted by Gasteiger charge is 2.42. The number of unbranched alkanes of at least 4 members (excludes halogenated alkanes) is 1. The molecule has 0 radical (unpaired) electrons. The maximum Gasteiger partial charge on any atom is 0.266 e. The third-order valence-electron chi connectivity index (χ3n) is 4.72. The maximum atomic E-state index is 12.9. The van der Waals surface area contributed by atoms with E-state index in [1.54, 1.807) is 6.08 Å². The van der Waals surface area contributed by atoms with Gasteiger partial charge in [-0.2, -0.15) is 0 Å². The molecule has 1 aromatic carbocycles. The molecule has 2 aliphatic rings. The van der Waals surface area contributed by atoms with E-state index in [9.17, 15) is 13.2 Å². The molecule has 0 spiro atoms. The Bertz CT molecular complexity index is 926. The molecular weight excluding hydrogens is 430 g/mol. The topological polar surface area (TPSA) is 72.9 Å². The van der Waals surface area contributed by atoms with Gasteiger partial charge in [0.15, 0.2) is 21.3 Å². The highest BCUT2D eigenvalue weighted by atomic mass is 32.2. The van der Waals surface area contributed by atoms with Crippen molar-refractivity contribution in [1.29, 1.82) is 0 Å². The minimum Gasteiger partial charge on any atom is -0.490 e. The molecule has 6 nitrogen and oxygen atoms in total. The molecule has 0 saturated carbocycles. The second kappa shape index (κ2) is 9.49. The molecule has 0 N–H and O–H groups in total. The second-order valence-electron chi connectivity index (χ2n) is 6.95. The molecule has 0 aliphatic carbocycles. The predicted molar refractivity (Wildman–Crippen MR) is 120 cm³/mol. The summed E-state index contributed by atoms with van der Waals surface area (Å²) in [6, 6.07) is 5.19. The first-order valence-electron chi connectivity index (χ1n) is 9.71. The molecule has 2 aliphatic heterocycles. The third-order valence-corrected chi connectivity index (χ3v) is 7.80. The summed E-state index contributed by atoms with van der Waals surface area (Å²) in [5, 5.41) is 0. The highest BCUT2D eigenvalue weighted by Crippen LogP contribution is 2.37. The third kappa shape index (κ3) is 5.32. The van der Waals surface area contributed by atoms with Crippen molar-refractivity contribution in [2.75, 3.05) is 24.7 Å². The van der Waals surface area contributed by atoms with Crippen molar-refractivity contribution in [2.24, 2.45) is 0 Å². The van der Waals surface area contributed by atoms with Crippen molar-refractivity contribution in [3.63, 3.8) is 0 Å². The van der Waals surface area contributed by atoms with Crippen LogP contribution in [0.25, 0.3) is 6.08 Å². The summed E-state index contributed by atoms with van der Waals surface area (Å²) in [4.78, 5) is 14.8. The van der Waals surface area contributed by atoms with E-state index in [2.05, 4.69) is 6.92 Å². The van der Waals surface area contributed by atoms with Crippen molar-refractivity contribution in [3.8, 4) is 11.5 Å². The molecule has 9 heteroatoms. The number of hydrogen-bond acceptors (Lipinski definition) is 7. The quantitative estimate of drug-likeness (QED) is 0.336. The van der Waals surface area contributed by atoms with E-state index >= 15 is 0 Å². The van der Waals surface area contributed by atoms with Crippen LogP contribution in [-0.4, -0.2) is 54.3 Å². The Labute approximate surface area is 181 Å². The summed E-state index contributed by atoms with van der Waals surface area (Å²) in [5.74, 6) is 1.16. The van der Waals surface area contributed by atoms with Crippen LogP contribution in [-0.2, 0) is 14.6 Å². The average Bonchev–Trinajstić information content (AvgIpc) is 3.15. The Morgan fingerprint density at radius 3 is 2.72 bits per heavy atom. The number of nitrogens with zero attached hydrogens (tertiary/aromatic N) is 1. The first kappa shape index (κ1) is 22.1. The normalized spacial score (nSPS) is 22.5. The molecule has 1 aromatic rings. The van der Waals surface area contributed by atoms with Crippen molar-refractivity contribution in [2.45, 2.75) is 39.2 Å². The summed E-state index contributed by atoms with van der Waals surface area (Å²) in [6.07, 6.45) is 4.21. The van der Waals surface area contributed by atoms with E-state index in [1.165, 1.54) is 16.7 Å². The van der Waals surface area contributed by atoms with Gasteiger partial charge >= 0.3 is 0 Å². The highest BCUT2D eigenvalue weighted by molar-refractivity contribution is 8.26. The van der Waals surface area contributed by atoms with Crippen LogP contribution in [0.2, 0.25) is 0 Å². The molecule has 158 valence electrons. The van der Waals surface area contributed by atoms with Crippen molar-refractivity contribution in [3.05, 3.63) is 28.7 Å². The number of amides is 1. The van der Waals surface area contributed by atoms with Crippen LogP contribution in [0.3, 0.4) is 0 Å². The molecule has 2 saturated heterocycles. The minimum atomic E-state index is -3.10. The number of rotatable bonds is 8. The van der Waals surface area contributed by atoms with Crippen molar-refractivity contribution in [1.82, 2.24) is 4.90 Å². The SMILES string of the molecule is CCCCOc1ccc(/C=C2/SC(=S)N(C3CCS(=O)(=O)C3)C2=O)cc1OCC. The van der Waals surface area contributed by atoms with Gasteiger partial charge in [-0.3, -0.25) is 9.69 Å². The maximum absolute atomic E-state index is 12.9. The number of thioether (sulfide) groups is 1. The van der Waals surface area contributed by atoms with E-state index in [-0.39, 0.29) is 23.5 Å². The number of thiocarbonyl (C=S) groups is 1. The number of carbonyl (C=O) groups is 1. The first-order valence-corrected chi connectivity index (χ1v) is 12.8. The molecule has 3 rings (SSSR count). The summed E-state index contributed by atoms with van der Waals surface area (Å²) < 4.78 is 35.5. The Morgan fingerprint density at radius 2 is 2.07 bits per heavy atom. The molecule has 29 heavy (non-hydrogen) atoms. The molecule has 2 heterocycles. The number of benzene rings is 1. The van der Waals surface area contributed by atoms with E-state index in [1.807, 2.05) is 25.1 Å². The van der Waals surface area contributed by atoms with Crippen LogP contribution in [0.4, 0.5) is 0 Å². The van der Waals surface area contributed by atoms with Crippen LogP contribution in [0.5, 0.6) is 11.5 Å². The summed E-state index contributed by atoms with van der Waals surface area (Å²) in [7, 11) is -3.10. The van der Waals surface area contributed by atoms with E-state index in [4.69, 9.17) is 21.7 Å². The minimum absolute atomic E-state index is 0.0228. The first-order chi connectivity index (χ1) is 13.8. The lowest BCUT2D eigenvalue weighted by molar-refractivity contribution is -0.123. The van der Waals surface area contributed by atoms with Gasteiger partial charge in [0.1, 0.15) is 4.32 Å². The Kier molecular flexibility index (Phi) is 7.23. The molecule has 2 fully saturated rings. The van der Waals surface area contributed by atoms with Crippen molar-refractivity contribution >= 4 is 50.1 Å². The summed E-state index contributed by atoms with van der Waals surface area (Å²) >= 11 is 6.56. The van der Waals surface area contributed by atoms with Gasteiger partial charge in [0.05, 0.1) is 35.7 Å². The Hall–Kier alpha value is -1.58. The zero-order valence-electron chi connectivity index (χ0n) is 16.5. The largest absolute Gasteiger partial charge is 0.490 e. The fraction of sp³-hybridized carbons (Fsp3) is 0.500. The van der Waals surface area contributed by atoms with Gasteiger partial charge in [0.2, 0.25) is 0 Å². The zero-order chi connectivity index (χ0) is 21.0. The standard InChI is InChI=1S/C20H25NO5S3/c1-3-5-9-26-16-7-6-14(11-17(16)25-4-2)12-18-19(22)21(20(27)28-18)15-8-10-29(23,24)13-15/h6-7,11-12,15H,3-5,8-10,13H2,1-2H3/b18-12+. The molecule has 0 bridgehead atoms. The summed E-state index contributed by atoms with van der Waals surface area (Å²) in [6.45, 7) is 5.14. The smallest absolute Gasteiger partial charge is 0.266 e. The average molecular weight is 456 g/mol. The lowest BCUT2D eigenvalue weighted by atomic mass is 10.1. The number of carbonyl (C=O) groups excluding carboxylic acids is 1. The van der Waals surface area contributed by atoms with Crippen molar-refractivity contribution < 1.29 is 22.7 Å². The fourth-order valence-corrected chi connectivity index (χ4v) is 6.35. The molecule has 1 unspecified atom stereocenters. The number of ether oxygens (including phenoxy) is 2. The molecule has 1 amide bonds. The lowest BCUT2D eigenvalue weighted by Crippen LogP contribution is -2.39. The van der Waals surface area contributed by atoms with Crippen LogP contribution in [0, 0.1) is 0 Å². The second-order valence-corrected chi connectivity index (χ2v) is 10.9. The van der Waals surface area contributed by atoms with E-state index in [0.29, 0.717) is 40.4 Å².